The molecule has 0 heterocycles. The van der Waals surface area contributed by atoms with Crippen molar-refractivity contribution in [1.29, 1.82) is 0 Å². The van der Waals surface area contributed by atoms with Crippen LogP contribution in [0.15, 0.2) is 48.6 Å². The van der Waals surface area contributed by atoms with Crippen LogP contribution in [0.5, 0.6) is 0 Å². The number of rotatable bonds is 42. The minimum atomic E-state index is -0.536. The molecule has 1 N–H and O–H groups in total. The Labute approximate surface area is 324 Å². The largest absolute Gasteiger partial charge is 0.457 e. The lowest BCUT2D eigenvalue weighted by molar-refractivity contribution is -0.154. The van der Waals surface area contributed by atoms with Crippen molar-refractivity contribution < 1.29 is 19.4 Å². The van der Waals surface area contributed by atoms with Gasteiger partial charge in [-0.1, -0.05) is 217 Å². The van der Waals surface area contributed by atoms with E-state index in [1.54, 1.807) is 0 Å². The maximum absolute atomic E-state index is 12.2. The van der Waals surface area contributed by atoms with Crippen molar-refractivity contribution in [3.63, 3.8) is 0 Å². The number of aliphatic hydroxyl groups excluding tert-OH is 1. The number of carbonyl (C=O) groups excluding carboxylic acids is 1. The summed E-state index contributed by atoms with van der Waals surface area (Å²) in [6, 6.07) is 0. The van der Waals surface area contributed by atoms with Crippen LogP contribution in [0.1, 0.15) is 226 Å². The number of carbonyl (C=O) groups is 1. The van der Waals surface area contributed by atoms with E-state index in [1.807, 2.05) is 0 Å². The minimum Gasteiger partial charge on any atom is -0.457 e. The number of unbranched alkanes of at least 4 members (excludes halogenated alkanes) is 26. The molecule has 0 aromatic carbocycles. The molecule has 0 saturated carbocycles. The Kier molecular flexibility index (Phi) is 44.1. The van der Waals surface area contributed by atoms with Crippen LogP contribution in [0.4, 0.5) is 0 Å². The molecule has 4 nitrogen and oxygen atoms in total. The van der Waals surface area contributed by atoms with Gasteiger partial charge in [0, 0.05) is 13.0 Å². The van der Waals surface area contributed by atoms with Crippen LogP contribution in [0.25, 0.3) is 0 Å². The molecule has 0 saturated heterocycles. The van der Waals surface area contributed by atoms with Crippen LogP contribution in [0.2, 0.25) is 0 Å². The molecule has 0 fully saturated rings. The first kappa shape index (κ1) is 50.4. The monoisotopic (exact) mass is 729 g/mol. The second kappa shape index (κ2) is 45.5. The third-order valence-corrected chi connectivity index (χ3v) is 9.92. The maximum Gasteiger partial charge on any atom is 0.306 e. The van der Waals surface area contributed by atoms with Crippen molar-refractivity contribution in [2.24, 2.45) is 0 Å². The number of hydrogen-bond donors (Lipinski definition) is 1. The molecule has 0 bridgehead atoms. The normalized spacial score (nSPS) is 12.8. The second-order valence-electron chi connectivity index (χ2n) is 15.1. The van der Waals surface area contributed by atoms with E-state index in [4.69, 9.17) is 9.47 Å². The van der Waals surface area contributed by atoms with Gasteiger partial charge < -0.3 is 14.6 Å². The van der Waals surface area contributed by atoms with Crippen molar-refractivity contribution in [3.8, 4) is 0 Å². The summed E-state index contributed by atoms with van der Waals surface area (Å²) in [5.74, 6) is -0.200. The lowest BCUT2D eigenvalue weighted by Gasteiger charge is -2.16. The Bertz CT molecular complexity index is 813. The summed E-state index contributed by atoms with van der Waals surface area (Å²) < 4.78 is 11.2. The highest BCUT2D eigenvalue weighted by molar-refractivity contribution is 5.69. The van der Waals surface area contributed by atoms with Crippen molar-refractivity contribution >= 4 is 5.97 Å². The molecule has 0 spiro atoms. The maximum atomic E-state index is 12.2. The Morgan fingerprint density at radius 1 is 0.481 bits per heavy atom. The van der Waals surface area contributed by atoms with E-state index in [0.717, 1.165) is 44.9 Å². The van der Waals surface area contributed by atoms with Crippen LogP contribution >= 0.6 is 0 Å². The van der Waals surface area contributed by atoms with E-state index < -0.39 is 6.10 Å². The highest BCUT2D eigenvalue weighted by Gasteiger charge is 2.13. The number of hydrogen-bond acceptors (Lipinski definition) is 4. The molecule has 304 valence electrons. The first-order chi connectivity index (χ1) is 25.7. The molecular weight excluding hydrogens is 641 g/mol. The van der Waals surface area contributed by atoms with Crippen LogP contribution in [-0.4, -0.2) is 37.0 Å². The quantitative estimate of drug-likeness (QED) is 0.0386. The van der Waals surface area contributed by atoms with Gasteiger partial charge in [-0.15, -0.1) is 0 Å². The minimum absolute atomic E-state index is 0.172. The molecule has 1 atom stereocenters. The summed E-state index contributed by atoms with van der Waals surface area (Å²) in [5, 5.41) is 9.62. The van der Waals surface area contributed by atoms with Crippen LogP contribution in [0, 0.1) is 0 Å². The molecule has 52 heavy (non-hydrogen) atoms. The van der Waals surface area contributed by atoms with Crippen molar-refractivity contribution in [1.82, 2.24) is 0 Å². The van der Waals surface area contributed by atoms with Crippen molar-refractivity contribution in [3.05, 3.63) is 48.6 Å². The van der Waals surface area contributed by atoms with Gasteiger partial charge in [0.2, 0.25) is 0 Å². The standard InChI is InChI=1S/C48H88O4/c1-3-5-7-9-11-13-15-17-19-21-23-24-25-26-28-30-32-34-36-38-40-42-44-51-46-47(45-49)52-48(50)43-41-39-37-35-33-31-29-27-22-20-18-16-14-12-10-8-6-4-2/h5,7,11,13,17,19,23-24,47,49H,3-4,6,8-10,12,14-16,18,20-22,25-46H2,1-2H3/b7-5-,13-11-,19-17-,24-23-. The smallest absolute Gasteiger partial charge is 0.306 e. The molecule has 1 unspecified atom stereocenters. The van der Waals surface area contributed by atoms with Gasteiger partial charge in [-0.2, -0.15) is 0 Å². The summed E-state index contributed by atoms with van der Waals surface area (Å²) in [4.78, 5) is 12.2. The number of aliphatic hydroxyl groups is 1. The zero-order valence-corrected chi connectivity index (χ0v) is 34.8. The SMILES string of the molecule is CC/C=C\C/C=C\C/C=C\C/C=C\CCCCCCCCCCCOCC(CO)OC(=O)CCCCCCCCCCCCCCCCCCCC. The van der Waals surface area contributed by atoms with Gasteiger partial charge in [-0.05, 0) is 51.4 Å². The van der Waals surface area contributed by atoms with Gasteiger partial charge in [0.05, 0.1) is 13.2 Å². The van der Waals surface area contributed by atoms with Gasteiger partial charge >= 0.3 is 5.97 Å². The van der Waals surface area contributed by atoms with E-state index >= 15 is 0 Å². The molecule has 0 radical (unpaired) electrons. The fraction of sp³-hybridized carbons (Fsp3) is 0.812. The number of allylic oxidation sites excluding steroid dienone is 8. The summed E-state index contributed by atoms with van der Waals surface area (Å²) in [6.07, 6.45) is 58.9. The van der Waals surface area contributed by atoms with E-state index in [1.165, 1.54) is 161 Å². The fourth-order valence-corrected chi connectivity index (χ4v) is 6.56. The summed E-state index contributed by atoms with van der Waals surface area (Å²) in [6.45, 7) is 5.25. The molecule has 0 aromatic rings. The molecule has 0 rings (SSSR count). The van der Waals surface area contributed by atoms with E-state index in [2.05, 4.69) is 62.5 Å². The Morgan fingerprint density at radius 2 is 0.865 bits per heavy atom. The van der Waals surface area contributed by atoms with Gasteiger partial charge in [0.1, 0.15) is 6.10 Å². The Balaban J connectivity index is 3.42. The van der Waals surface area contributed by atoms with Gasteiger partial charge in [-0.3, -0.25) is 4.79 Å². The molecule has 0 aliphatic heterocycles. The molecule has 4 heteroatoms. The molecule has 0 aromatic heterocycles. The second-order valence-corrected chi connectivity index (χ2v) is 15.1. The number of esters is 1. The first-order valence-corrected chi connectivity index (χ1v) is 22.7. The van der Waals surface area contributed by atoms with Gasteiger partial charge in [-0.25, -0.2) is 0 Å². The zero-order chi connectivity index (χ0) is 37.7. The van der Waals surface area contributed by atoms with Crippen molar-refractivity contribution in [2.75, 3.05) is 19.8 Å². The Morgan fingerprint density at radius 3 is 1.31 bits per heavy atom. The topological polar surface area (TPSA) is 55.8 Å². The molecule has 0 amide bonds. The van der Waals surface area contributed by atoms with E-state index in [-0.39, 0.29) is 12.6 Å². The lowest BCUT2D eigenvalue weighted by Crippen LogP contribution is -2.27. The van der Waals surface area contributed by atoms with Crippen LogP contribution < -0.4 is 0 Å². The lowest BCUT2D eigenvalue weighted by atomic mass is 10.0. The van der Waals surface area contributed by atoms with E-state index in [9.17, 15) is 9.90 Å². The predicted octanol–water partition coefficient (Wildman–Crippen LogP) is 15.0. The van der Waals surface area contributed by atoms with Gasteiger partial charge in [0.15, 0.2) is 0 Å². The van der Waals surface area contributed by atoms with Crippen LogP contribution in [0.3, 0.4) is 0 Å². The van der Waals surface area contributed by atoms with Crippen molar-refractivity contribution in [2.45, 2.75) is 232 Å². The average Bonchev–Trinajstić information content (AvgIpc) is 3.15. The Hall–Kier alpha value is -1.65. The highest BCUT2D eigenvalue weighted by atomic mass is 16.6. The summed E-state index contributed by atoms with van der Waals surface area (Å²) in [5.41, 5.74) is 0. The number of ether oxygens (including phenoxy) is 2. The third-order valence-electron chi connectivity index (χ3n) is 9.92. The average molecular weight is 729 g/mol. The molecule has 0 aliphatic rings. The third kappa shape index (κ3) is 42.8. The van der Waals surface area contributed by atoms with E-state index in [0.29, 0.717) is 19.6 Å². The fourth-order valence-electron chi connectivity index (χ4n) is 6.56. The predicted molar refractivity (Wildman–Crippen MR) is 228 cm³/mol. The zero-order valence-electron chi connectivity index (χ0n) is 34.8. The molecule has 0 aliphatic carbocycles. The summed E-state index contributed by atoms with van der Waals surface area (Å²) >= 11 is 0. The highest BCUT2D eigenvalue weighted by Crippen LogP contribution is 2.15. The first-order valence-electron chi connectivity index (χ1n) is 22.7. The summed E-state index contributed by atoms with van der Waals surface area (Å²) in [7, 11) is 0. The van der Waals surface area contributed by atoms with Gasteiger partial charge in [0.25, 0.3) is 0 Å². The molecular formula is C48H88O4. The van der Waals surface area contributed by atoms with Crippen LogP contribution in [-0.2, 0) is 14.3 Å².